The molecule has 0 aromatic carbocycles. The van der Waals surface area contributed by atoms with Crippen molar-refractivity contribution in [3.8, 4) is 0 Å². The van der Waals surface area contributed by atoms with Crippen molar-refractivity contribution < 1.29 is 9.53 Å². The second-order valence-electron chi connectivity index (χ2n) is 6.35. The van der Waals surface area contributed by atoms with Gasteiger partial charge in [-0.15, -0.1) is 0 Å². The predicted octanol–water partition coefficient (Wildman–Crippen LogP) is 1.15. The Morgan fingerprint density at radius 3 is 2.67 bits per heavy atom. The highest BCUT2D eigenvalue weighted by molar-refractivity contribution is 5.81. The van der Waals surface area contributed by atoms with Gasteiger partial charge in [0.15, 0.2) is 0 Å². The fourth-order valence-electron chi connectivity index (χ4n) is 3.25. The zero-order valence-corrected chi connectivity index (χ0v) is 11.4. The van der Waals surface area contributed by atoms with Crippen LogP contribution in [0.1, 0.15) is 39.0 Å². The predicted molar refractivity (Wildman–Crippen MR) is 69.3 cm³/mol. The van der Waals surface area contributed by atoms with E-state index in [-0.39, 0.29) is 5.97 Å². The molecule has 1 aliphatic heterocycles. The molecule has 0 aromatic rings. The third kappa shape index (κ3) is 2.28. The Balaban J connectivity index is 1.70. The van der Waals surface area contributed by atoms with E-state index in [1.807, 2.05) is 0 Å². The highest BCUT2D eigenvalue weighted by Gasteiger charge is 2.52. The van der Waals surface area contributed by atoms with Crippen molar-refractivity contribution in [3.05, 3.63) is 0 Å². The Labute approximate surface area is 109 Å². The van der Waals surface area contributed by atoms with Crippen LogP contribution in [0, 0.1) is 5.92 Å². The minimum atomic E-state index is -0.445. The Morgan fingerprint density at radius 2 is 2.11 bits per heavy atom. The molecular formula is C14H24N2O2. The monoisotopic (exact) mass is 252 g/mol. The number of nitrogens with zero attached hydrogens (tertiary/aromatic N) is 1. The Bertz CT molecular complexity index is 339. The summed E-state index contributed by atoms with van der Waals surface area (Å²) >= 11 is 0. The van der Waals surface area contributed by atoms with Crippen LogP contribution in [0.3, 0.4) is 0 Å². The summed E-state index contributed by atoms with van der Waals surface area (Å²) < 4.78 is 5.06. The first-order valence-corrected chi connectivity index (χ1v) is 7.24. The van der Waals surface area contributed by atoms with Crippen LogP contribution >= 0.6 is 0 Å². The van der Waals surface area contributed by atoms with Crippen LogP contribution in [-0.4, -0.2) is 48.7 Å². The van der Waals surface area contributed by atoms with E-state index in [9.17, 15) is 4.79 Å². The van der Waals surface area contributed by atoms with Gasteiger partial charge in [-0.05, 0) is 51.5 Å². The number of rotatable bonds is 5. The summed E-state index contributed by atoms with van der Waals surface area (Å²) in [5.41, 5.74) is -0.445. The molecule has 0 radical (unpaired) electrons. The first-order valence-electron chi connectivity index (χ1n) is 7.24. The quantitative estimate of drug-likeness (QED) is 0.745. The number of nitrogens with one attached hydrogen (secondary N) is 1. The van der Waals surface area contributed by atoms with E-state index >= 15 is 0 Å². The lowest BCUT2D eigenvalue weighted by Gasteiger charge is -2.28. The van der Waals surface area contributed by atoms with Gasteiger partial charge in [-0.3, -0.25) is 9.69 Å². The summed E-state index contributed by atoms with van der Waals surface area (Å²) in [5.74, 6) is 0.718. The van der Waals surface area contributed by atoms with Crippen LogP contribution < -0.4 is 5.32 Å². The van der Waals surface area contributed by atoms with E-state index in [4.69, 9.17) is 4.74 Å². The minimum absolute atomic E-state index is 0.0712. The van der Waals surface area contributed by atoms with Crippen LogP contribution in [0.25, 0.3) is 0 Å². The summed E-state index contributed by atoms with van der Waals surface area (Å²) in [7, 11) is 1.51. The standard InChI is InChI=1S/C14H24N2O2/c1-10-7-14(13(17)18-2,15-8-11-3-4-11)9-16(10)12-5-6-12/h10-12,15H,3-9H2,1-2H3. The lowest BCUT2D eigenvalue weighted by atomic mass is 9.96. The molecule has 0 aromatic heterocycles. The summed E-state index contributed by atoms with van der Waals surface area (Å²) in [6, 6.07) is 1.21. The molecule has 102 valence electrons. The van der Waals surface area contributed by atoms with E-state index in [1.165, 1.54) is 32.8 Å². The van der Waals surface area contributed by atoms with Crippen LogP contribution in [0.4, 0.5) is 0 Å². The smallest absolute Gasteiger partial charge is 0.327 e. The zero-order valence-electron chi connectivity index (χ0n) is 11.4. The Kier molecular flexibility index (Phi) is 3.10. The lowest BCUT2D eigenvalue weighted by molar-refractivity contribution is -0.148. The fourth-order valence-corrected chi connectivity index (χ4v) is 3.25. The molecule has 1 saturated heterocycles. The van der Waals surface area contributed by atoms with Crippen molar-refractivity contribution in [2.75, 3.05) is 20.2 Å². The van der Waals surface area contributed by atoms with Crippen molar-refractivity contribution in [1.82, 2.24) is 10.2 Å². The van der Waals surface area contributed by atoms with Crippen LogP contribution in [0.2, 0.25) is 0 Å². The maximum absolute atomic E-state index is 12.2. The van der Waals surface area contributed by atoms with Crippen molar-refractivity contribution >= 4 is 5.97 Å². The highest BCUT2D eigenvalue weighted by Crippen LogP contribution is 2.38. The number of carbonyl (C=O) groups excluding carboxylic acids is 1. The minimum Gasteiger partial charge on any atom is -0.468 e. The topological polar surface area (TPSA) is 41.6 Å². The van der Waals surface area contributed by atoms with Crippen molar-refractivity contribution in [2.45, 2.75) is 56.7 Å². The van der Waals surface area contributed by atoms with E-state index in [1.54, 1.807) is 0 Å². The maximum atomic E-state index is 12.2. The first-order chi connectivity index (χ1) is 8.64. The molecule has 4 heteroatoms. The van der Waals surface area contributed by atoms with E-state index < -0.39 is 5.54 Å². The molecule has 2 saturated carbocycles. The van der Waals surface area contributed by atoms with Gasteiger partial charge in [0, 0.05) is 18.6 Å². The molecule has 0 bridgehead atoms. The number of methoxy groups -OCH3 is 1. The number of hydrogen-bond acceptors (Lipinski definition) is 4. The average molecular weight is 252 g/mol. The van der Waals surface area contributed by atoms with Gasteiger partial charge in [0.1, 0.15) is 5.54 Å². The van der Waals surface area contributed by atoms with Crippen molar-refractivity contribution in [1.29, 1.82) is 0 Å². The van der Waals surface area contributed by atoms with Gasteiger partial charge >= 0.3 is 5.97 Å². The van der Waals surface area contributed by atoms with Crippen LogP contribution in [0.15, 0.2) is 0 Å². The summed E-state index contributed by atoms with van der Waals surface area (Å²) in [6.07, 6.45) is 6.11. The van der Waals surface area contributed by atoms with Crippen molar-refractivity contribution in [2.24, 2.45) is 5.92 Å². The van der Waals surface area contributed by atoms with Gasteiger partial charge in [-0.25, -0.2) is 0 Å². The van der Waals surface area contributed by atoms with E-state index in [2.05, 4.69) is 17.1 Å². The number of hydrogen-bond donors (Lipinski definition) is 1. The van der Waals surface area contributed by atoms with Gasteiger partial charge in [-0.2, -0.15) is 0 Å². The third-order valence-electron chi connectivity index (χ3n) is 4.68. The molecule has 1 heterocycles. The maximum Gasteiger partial charge on any atom is 0.327 e. The Morgan fingerprint density at radius 1 is 1.39 bits per heavy atom. The van der Waals surface area contributed by atoms with Gasteiger partial charge in [-0.1, -0.05) is 0 Å². The van der Waals surface area contributed by atoms with Gasteiger partial charge in [0.05, 0.1) is 7.11 Å². The van der Waals surface area contributed by atoms with Crippen molar-refractivity contribution in [3.63, 3.8) is 0 Å². The number of likely N-dealkylation sites (tertiary alicyclic amines) is 1. The summed E-state index contributed by atoms with van der Waals surface area (Å²) in [5, 5.41) is 3.53. The number of ether oxygens (including phenoxy) is 1. The summed E-state index contributed by atoms with van der Waals surface area (Å²) in [6.45, 7) is 4.04. The SMILES string of the molecule is COC(=O)C1(NCC2CC2)CC(C)N(C2CC2)C1. The van der Waals surface area contributed by atoms with Crippen LogP contribution in [-0.2, 0) is 9.53 Å². The molecule has 3 rings (SSSR count). The second kappa shape index (κ2) is 4.49. The molecule has 0 amide bonds. The van der Waals surface area contributed by atoms with Gasteiger partial charge in [0.25, 0.3) is 0 Å². The third-order valence-corrected chi connectivity index (χ3v) is 4.68. The first kappa shape index (κ1) is 12.4. The molecule has 2 aliphatic carbocycles. The zero-order chi connectivity index (χ0) is 12.8. The molecule has 3 aliphatic rings. The Hall–Kier alpha value is -0.610. The number of carbonyl (C=O) groups is 1. The number of esters is 1. The largest absolute Gasteiger partial charge is 0.468 e. The van der Waals surface area contributed by atoms with Crippen LogP contribution in [0.5, 0.6) is 0 Å². The lowest BCUT2D eigenvalue weighted by Crippen LogP contribution is -2.55. The fraction of sp³-hybridized carbons (Fsp3) is 0.929. The van der Waals surface area contributed by atoms with Gasteiger partial charge < -0.3 is 10.1 Å². The van der Waals surface area contributed by atoms with E-state index in [0.717, 1.165) is 25.4 Å². The van der Waals surface area contributed by atoms with E-state index in [0.29, 0.717) is 12.1 Å². The molecule has 3 fully saturated rings. The molecular weight excluding hydrogens is 228 g/mol. The molecule has 2 unspecified atom stereocenters. The second-order valence-corrected chi connectivity index (χ2v) is 6.35. The molecule has 4 nitrogen and oxygen atoms in total. The summed E-state index contributed by atoms with van der Waals surface area (Å²) in [4.78, 5) is 14.7. The highest BCUT2D eigenvalue weighted by atomic mass is 16.5. The molecule has 2 atom stereocenters. The molecule has 0 spiro atoms. The molecule has 18 heavy (non-hydrogen) atoms. The normalized spacial score (nSPS) is 36.9. The average Bonchev–Trinajstić information content (AvgIpc) is 3.25. The molecule has 1 N–H and O–H groups in total. The van der Waals surface area contributed by atoms with Gasteiger partial charge in [0.2, 0.25) is 0 Å².